The molecule has 2 aromatic carbocycles. The molecule has 28 heavy (non-hydrogen) atoms. The smallest absolute Gasteiger partial charge is 0.408 e. The van der Waals surface area contributed by atoms with Crippen LogP contribution < -0.4 is 10.6 Å². The van der Waals surface area contributed by atoms with Crippen molar-refractivity contribution in [2.45, 2.75) is 52.3 Å². The summed E-state index contributed by atoms with van der Waals surface area (Å²) in [5.41, 5.74) is 1.32. The number of benzene rings is 2. The molecule has 150 valence electrons. The van der Waals surface area contributed by atoms with Gasteiger partial charge in [0.25, 0.3) is 0 Å². The summed E-state index contributed by atoms with van der Waals surface area (Å²) in [7, 11) is 0. The van der Waals surface area contributed by atoms with Gasteiger partial charge in [0.1, 0.15) is 11.6 Å². The van der Waals surface area contributed by atoms with Gasteiger partial charge in [0, 0.05) is 0 Å². The van der Waals surface area contributed by atoms with Crippen LogP contribution in [0.5, 0.6) is 0 Å². The number of amides is 2. The molecular formula is C23H30N2O3. The highest BCUT2D eigenvalue weighted by molar-refractivity contribution is 5.86. The van der Waals surface area contributed by atoms with Crippen molar-refractivity contribution in [1.29, 1.82) is 0 Å². The second kappa shape index (κ2) is 9.40. The summed E-state index contributed by atoms with van der Waals surface area (Å²) >= 11 is 0. The summed E-state index contributed by atoms with van der Waals surface area (Å²) in [5, 5.41) is 5.80. The molecule has 0 bridgehead atoms. The lowest BCUT2D eigenvalue weighted by molar-refractivity contribution is -0.124. The van der Waals surface area contributed by atoms with E-state index in [2.05, 4.69) is 10.6 Å². The zero-order valence-corrected chi connectivity index (χ0v) is 17.2. The molecule has 0 aromatic heterocycles. The number of hydrogen-bond acceptors (Lipinski definition) is 3. The first-order chi connectivity index (χ1) is 13.2. The van der Waals surface area contributed by atoms with Crippen molar-refractivity contribution < 1.29 is 14.3 Å². The molecule has 0 aliphatic heterocycles. The molecule has 0 aliphatic rings. The van der Waals surface area contributed by atoms with Crippen LogP contribution in [0.2, 0.25) is 0 Å². The van der Waals surface area contributed by atoms with Gasteiger partial charge < -0.3 is 15.4 Å². The zero-order chi connectivity index (χ0) is 20.7. The van der Waals surface area contributed by atoms with Gasteiger partial charge in [0.15, 0.2) is 0 Å². The lowest BCUT2D eigenvalue weighted by Crippen LogP contribution is -2.51. The highest BCUT2D eigenvalue weighted by Gasteiger charge is 2.29. The number of alkyl carbamates (subject to hydrolysis) is 1. The van der Waals surface area contributed by atoms with E-state index in [-0.39, 0.29) is 17.9 Å². The highest BCUT2D eigenvalue weighted by Crippen LogP contribution is 2.22. The van der Waals surface area contributed by atoms with Crippen LogP contribution in [0.3, 0.4) is 0 Å². The monoisotopic (exact) mass is 382 g/mol. The predicted molar refractivity (Wildman–Crippen MR) is 111 cm³/mol. The Kier molecular flexibility index (Phi) is 7.21. The third-order valence-electron chi connectivity index (χ3n) is 4.17. The molecule has 0 fully saturated rings. The number of hydrogen-bond donors (Lipinski definition) is 2. The molecule has 2 aromatic rings. The fourth-order valence-electron chi connectivity index (χ4n) is 2.85. The Hall–Kier alpha value is -2.82. The maximum absolute atomic E-state index is 13.1. The van der Waals surface area contributed by atoms with Gasteiger partial charge in [-0.3, -0.25) is 4.79 Å². The third kappa shape index (κ3) is 6.41. The molecular weight excluding hydrogens is 352 g/mol. The van der Waals surface area contributed by atoms with E-state index in [1.807, 2.05) is 74.5 Å². The SMILES string of the molecule is CC(C)C(NC(=O)OC(C)(C)C)C(=O)NC(c1ccccc1)c1ccccc1. The van der Waals surface area contributed by atoms with Crippen LogP contribution in [-0.4, -0.2) is 23.6 Å². The Morgan fingerprint density at radius 2 is 1.29 bits per heavy atom. The summed E-state index contributed by atoms with van der Waals surface area (Å²) in [6, 6.07) is 18.5. The topological polar surface area (TPSA) is 67.4 Å². The maximum Gasteiger partial charge on any atom is 0.408 e. The molecule has 5 heteroatoms. The van der Waals surface area contributed by atoms with E-state index in [4.69, 9.17) is 4.74 Å². The van der Waals surface area contributed by atoms with Gasteiger partial charge in [-0.2, -0.15) is 0 Å². The lowest BCUT2D eigenvalue weighted by atomic mass is 9.97. The van der Waals surface area contributed by atoms with E-state index in [0.717, 1.165) is 11.1 Å². The average Bonchev–Trinajstić information content (AvgIpc) is 2.63. The van der Waals surface area contributed by atoms with Crippen LogP contribution in [0.1, 0.15) is 51.8 Å². The maximum atomic E-state index is 13.1. The Morgan fingerprint density at radius 3 is 1.68 bits per heavy atom. The fourth-order valence-corrected chi connectivity index (χ4v) is 2.85. The Morgan fingerprint density at radius 1 is 0.821 bits per heavy atom. The summed E-state index contributed by atoms with van der Waals surface area (Å²) in [5.74, 6) is -0.349. The molecule has 0 saturated carbocycles. The molecule has 2 N–H and O–H groups in total. The van der Waals surface area contributed by atoms with Crippen molar-refractivity contribution >= 4 is 12.0 Å². The quantitative estimate of drug-likeness (QED) is 0.776. The third-order valence-corrected chi connectivity index (χ3v) is 4.17. The number of carbonyl (C=O) groups is 2. The highest BCUT2D eigenvalue weighted by atomic mass is 16.6. The Balaban J connectivity index is 2.21. The minimum absolute atomic E-state index is 0.0975. The lowest BCUT2D eigenvalue weighted by Gasteiger charge is -2.27. The van der Waals surface area contributed by atoms with Crippen molar-refractivity contribution in [2.24, 2.45) is 5.92 Å². The van der Waals surface area contributed by atoms with E-state index in [1.54, 1.807) is 20.8 Å². The Bertz CT molecular complexity index is 728. The van der Waals surface area contributed by atoms with Crippen molar-refractivity contribution in [1.82, 2.24) is 10.6 Å². The van der Waals surface area contributed by atoms with E-state index >= 15 is 0 Å². The van der Waals surface area contributed by atoms with Gasteiger partial charge in [0.2, 0.25) is 5.91 Å². The number of carbonyl (C=O) groups excluding carboxylic acids is 2. The van der Waals surface area contributed by atoms with Gasteiger partial charge in [-0.05, 0) is 37.8 Å². The van der Waals surface area contributed by atoms with Gasteiger partial charge in [0.05, 0.1) is 6.04 Å². The van der Waals surface area contributed by atoms with Crippen molar-refractivity contribution in [2.75, 3.05) is 0 Å². The molecule has 2 rings (SSSR count). The van der Waals surface area contributed by atoms with E-state index in [9.17, 15) is 9.59 Å². The van der Waals surface area contributed by atoms with E-state index in [0.29, 0.717) is 0 Å². The van der Waals surface area contributed by atoms with Crippen LogP contribution in [0.25, 0.3) is 0 Å². The van der Waals surface area contributed by atoms with Crippen LogP contribution in [-0.2, 0) is 9.53 Å². The molecule has 1 unspecified atom stereocenters. The molecule has 0 heterocycles. The zero-order valence-electron chi connectivity index (χ0n) is 17.2. The normalized spacial score (nSPS) is 12.5. The number of nitrogens with one attached hydrogen (secondary N) is 2. The Labute approximate surface area is 167 Å². The van der Waals surface area contributed by atoms with Crippen LogP contribution in [0.4, 0.5) is 4.79 Å². The standard InChI is InChI=1S/C23H30N2O3/c1-16(2)19(25-22(27)28-23(3,4)5)21(26)24-20(17-12-8-6-9-13-17)18-14-10-7-11-15-18/h6-16,19-20H,1-5H3,(H,24,26)(H,25,27). The minimum atomic E-state index is -0.704. The second-order valence-electron chi connectivity index (χ2n) is 8.13. The van der Waals surface area contributed by atoms with Crippen molar-refractivity contribution in [3.8, 4) is 0 Å². The fraction of sp³-hybridized carbons (Fsp3) is 0.391. The molecule has 0 radical (unpaired) electrons. The molecule has 2 amide bonds. The predicted octanol–water partition coefficient (Wildman–Crippen LogP) is 4.44. The van der Waals surface area contributed by atoms with Crippen LogP contribution >= 0.6 is 0 Å². The first-order valence-corrected chi connectivity index (χ1v) is 9.57. The van der Waals surface area contributed by atoms with Crippen LogP contribution in [0.15, 0.2) is 60.7 Å². The minimum Gasteiger partial charge on any atom is -0.444 e. The molecule has 0 aliphatic carbocycles. The largest absolute Gasteiger partial charge is 0.444 e. The number of rotatable bonds is 6. The average molecular weight is 383 g/mol. The van der Waals surface area contributed by atoms with E-state index in [1.165, 1.54) is 0 Å². The van der Waals surface area contributed by atoms with Gasteiger partial charge in [-0.15, -0.1) is 0 Å². The summed E-state index contributed by atoms with van der Waals surface area (Å²) in [4.78, 5) is 25.3. The summed E-state index contributed by atoms with van der Waals surface area (Å²) in [6.45, 7) is 9.15. The molecule has 0 saturated heterocycles. The number of ether oxygens (including phenoxy) is 1. The van der Waals surface area contributed by atoms with E-state index < -0.39 is 17.7 Å². The molecule has 0 spiro atoms. The second-order valence-corrected chi connectivity index (χ2v) is 8.13. The summed E-state index contributed by atoms with van der Waals surface area (Å²) in [6.07, 6.45) is -0.600. The first-order valence-electron chi connectivity index (χ1n) is 9.57. The van der Waals surface area contributed by atoms with Gasteiger partial charge in [-0.1, -0.05) is 74.5 Å². The first kappa shape index (κ1) is 21.5. The van der Waals surface area contributed by atoms with Crippen molar-refractivity contribution in [3.05, 3.63) is 71.8 Å². The summed E-state index contributed by atoms with van der Waals surface area (Å²) < 4.78 is 5.31. The molecule has 1 atom stereocenters. The van der Waals surface area contributed by atoms with Crippen molar-refractivity contribution in [3.63, 3.8) is 0 Å². The van der Waals surface area contributed by atoms with Crippen LogP contribution in [0, 0.1) is 5.92 Å². The van der Waals surface area contributed by atoms with Gasteiger partial charge in [-0.25, -0.2) is 4.79 Å². The molecule has 5 nitrogen and oxygen atoms in total. The van der Waals surface area contributed by atoms with Gasteiger partial charge >= 0.3 is 6.09 Å².